The third kappa shape index (κ3) is 2.97. The highest BCUT2D eigenvalue weighted by atomic mass is 79.9. The van der Waals surface area contributed by atoms with Gasteiger partial charge in [-0.1, -0.05) is 6.08 Å². The van der Waals surface area contributed by atoms with Crippen molar-refractivity contribution in [1.82, 2.24) is 9.88 Å². The molecule has 0 saturated heterocycles. The number of hydrogen-bond donors (Lipinski definition) is 0. The quantitative estimate of drug-likeness (QED) is 0.804. The van der Waals surface area contributed by atoms with Crippen molar-refractivity contribution >= 4 is 21.8 Å². The summed E-state index contributed by atoms with van der Waals surface area (Å²) in [5.74, 6) is -0.0322. The van der Waals surface area contributed by atoms with Gasteiger partial charge in [0.05, 0.1) is 6.61 Å². The summed E-state index contributed by atoms with van der Waals surface area (Å²) in [4.78, 5) is 18.2. The van der Waals surface area contributed by atoms with Gasteiger partial charge in [0.1, 0.15) is 5.69 Å². The van der Waals surface area contributed by atoms with Crippen LogP contribution < -0.4 is 0 Å². The minimum Gasteiger partial charge on any atom is -0.380 e. The Balaban J connectivity index is 2.06. The van der Waals surface area contributed by atoms with Crippen molar-refractivity contribution in [1.29, 1.82) is 0 Å². The van der Waals surface area contributed by atoms with Gasteiger partial charge in [0.25, 0.3) is 5.91 Å². The Morgan fingerprint density at radius 2 is 2.44 bits per heavy atom. The predicted octanol–water partition coefficient (Wildman–Crippen LogP) is 2.26. The normalized spacial score (nSPS) is 15.4. The van der Waals surface area contributed by atoms with Crippen LogP contribution >= 0.6 is 15.9 Å². The molecule has 1 amide bonds. The molecule has 0 unspecified atom stereocenters. The van der Waals surface area contributed by atoms with E-state index in [1.54, 1.807) is 24.3 Å². The number of amides is 1. The summed E-state index contributed by atoms with van der Waals surface area (Å²) in [6.07, 6.45) is 4.56. The number of pyridine rings is 1. The van der Waals surface area contributed by atoms with Gasteiger partial charge in [0.2, 0.25) is 0 Å². The molecule has 0 bridgehead atoms. The molecule has 2 rings (SSSR count). The second-order valence-electron chi connectivity index (χ2n) is 4.13. The molecule has 5 heteroatoms. The molecule has 4 nitrogen and oxygen atoms in total. The highest BCUT2D eigenvalue weighted by Gasteiger charge is 2.21. The van der Waals surface area contributed by atoms with Crippen LogP contribution in [0.3, 0.4) is 0 Å². The molecule has 1 aromatic rings. The van der Waals surface area contributed by atoms with Crippen LogP contribution in [0.5, 0.6) is 0 Å². The average Bonchev–Trinajstić information content (AvgIpc) is 2.40. The Labute approximate surface area is 115 Å². The van der Waals surface area contributed by atoms with Crippen molar-refractivity contribution in [2.45, 2.75) is 6.42 Å². The first-order valence-corrected chi connectivity index (χ1v) is 6.58. The molecule has 0 spiro atoms. The number of ether oxygens (including phenoxy) is 1. The molecular formula is C13H15BrN2O2. The maximum absolute atomic E-state index is 12.3. The number of rotatable bonds is 3. The van der Waals surface area contributed by atoms with E-state index in [1.807, 2.05) is 6.07 Å². The number of carbonyl (C=O) groups is 1. The first-order valence-electron chi connectivity index (χ1n) is 5.79. The highest BCUT2D eigenvalue weighted by Crippen LogP contribution is 2.18. The Kier molecular flexibility index (Phi) is 4.49. The van der Waals surface area contributed by atoms with Gasteiger partial charge in [0, 0.05) is 30.9 Å². The van der Waals surface area contributed by atoms with Gasteiger partial charge in [0.15, 0.2) is 0 Å². The van der Waals surface area contributed by atoms with Gasteiger partial charge in [-0.15, -0.1) is 0 Å². The van der Waals surface area contributed by atoms with E-state index in [1.165, 1.54) is 5.57 Å². The maximum Gasteiger partial charge on any atom is 0.273 e. The number of methoxy groups -OCH3 is 1. The third-order valence-electron chi connectivity index (χ3n) is 2.88. The van der Waals surface area contributed by atoms with Gasteiger partial charge in [-0.3, -0.25) is 4.79 Å². The number of hydrogen-bond acceptors (Lipinski definition) is 3. The van der Waals surface area contributed by atoms with Gasteiger partial charge in [-0.25, -0.2) is 4.98 Å². The van der Waals surface area contributed by atoms with Crippen molar-refractivity contribution in [2.24, 2.45) is 0 Å². The zero-order valence-corrected chi connectivity index (χ0v) is 11.8. The van der Waals surface area contributed by atoms with Crippen molar-refractivity contribution in [3.05, 3.63) is 40.1 Å². The molecule has 0 N–H and O–H groups in total. The highest BCUT2D eigenvalue weighted by molar-refractivity contribution is 9.10. The van der Waals surface area contributed by atoms with Gasteiger partial charge >= 0.3 is 0 Å². The Morgan fingerprint density at radius 1 is 1.61 bits per heavy atom. The molecule has 1 aliphatic rings. The number of aromatic nitrogens is 1. The zero-order chi connectivity index (χ0) is 13.0. The van der Waals surface area contributed by atoms with Crippen LogP contribution in [0.15, 0.2) is 34.5 Å². The van der Waals surface area contributed by atoms with Gasteiger partial charge < -0.3 is 9.64 Å². The third-order valence-corrected chi connectivity index (χ3v) is 3.52. The fourth-order valence-electron chi connectivity index (χ4n) is 1.90. The van der Waals surface area contributed by atoms with Crippen LogP contribution in [0, 0.1) is 0 Å². The molecule has 0 saturated carbocycles. The summed E-state index contributed by atoms with van der Waals surface area (Å²) in [6.45, 7) is 1.99. The SMILES string of the molecule is COCC1=CCN(C(=O)c2ncccc2Br)CC1. The van der Waals surface area contributed by atoms with E-state index < -0.39 is 0 Å². The lowest BCUT2D eigenvalue weighted by Crippen LogP contribution is -2.36. The summed E-state index contributed by atoms with van der Waals surface area (Å²) in [5.41, 5.74) is 1.72. The number of carbonyl (C=O) groups excluding carboxylic acids is 1. The minimum atomic E-state index is -0.0322. The van der Waals surface area contributed by atoms with Crippen molar-refractivity contribution in [3.8, 4) is 0 Å². The summed E-state index contributed by atoms with van der Waals surface area (Å²) >= 11 is 3.35. The monoisotopic (exact) mass is 310 g/mol. The minimum absolute atomic E-state index is 0.0322. The molecule has 2 heterocycles. The van der Waals surface area contributed by atoms with Crippen molar-refractivity contribution < 1.29 is 9.53 Å². The van der Waals surface area contributed by atoms with Crippen molar-refractivity contribution in [2.75, 3.05) is 26.8 Å². The fourth-order valence-corrected chi connectivity index (χ4v) is 2.33. The summed E-state index contributed by atoms with van der Waals surface area (Å²) in [5, 5.41) is 0. The Hall–Kier alpha value is -1.20. The standard InChI is InChI=1S/C13H15BrN2O2/c1-18-9-10-4-7-16(8-5-10)13(17)12-11(14)3-2-6-15-12/h2-4,6H,5,7-9H2,1H3. The molecule has 0 radical (unpaired) electrons. The molecule has 0 atom stereocenters. The Bertz CT molecular complexity index is 474. The predicted molar refractivity (Wildman–Crippen MR) is 72.4 cm³/mol. The lowest BCUT2D eigenvalue weighted by atomic mass is 10.1. The zero-order valence-electron chi connectivity index (χ0n) is 10.2. The van der Waals surface area contributed by atoms with Gasteiger partial charge in [-0.05, 0) is 40.1 Å². The first kappa shape index (κ1) is 13.2. The van der Waals surface area contributed by atoms with Crippen molar-refractivity contribution in [3.63, 3.8) is 0 Å². The smallest absolute Gasteiger partial charge is 0.273 e. The molecule has 18 heavy (non-hydrogen) atoms. The summed E-state index contributed by atoms with van der Waals surface area (Å²) < 4.78 is 5.83. The molecule has 1 aliphatic heterocycles. The average molecular weight is 311 g/mol. The van der Waals surface area contributed by atoms with E-state index >= 15 is 0 Å². The second-order valence-corrected chi connectivity index (χ2v) is 4.98. The van der Waals surface area contributed by atoms with E-state index in [0.29, 0.717) is 18.8 Å². The molecule has 96 valence electrons. The first-order chi connectivity index (χ1) is 8.72. The molecular weight excluding hydrogens is 296 g/mol. The number of nitrogens with zero attached hydrogens (tertiary/aromatic N) is 2. The summed E-state index contributed by atoms with van der Waals surface area (Å²) in [6, 6.07) is 3.63. The summed E-state index contributed by atoms with van der Waals surface area (Å²) in [7, 11) is 1.68. The molecule has 0 aliphatic carbocycles. The maximum atomic E-state index is 12.3. The van der Waals surface area contributed by atoms with Crippen LogP contribution in [0.4, 0.5) is 0 Å². The van der Waals surface area contributed by atoms with Gasteiger partial charge in [-0.2, -0.15) is 0 Å². The molecule has 0 fully saturated rings. The van der Waals surface area contributed by atoms with E-state index in [2.05, 4.69) is 27.0 Å². The largest absolute Gasteiger partial charge is 0.380 e. The van der Waals surface area contributed by atoms with Crippen LogP contribution in [0.25, 0.3) is 0 Å². The van der Waals surface area contributed by atoms with E-state index in [-0.39, 0.29) is 5.91 Å². The lowest BCUT2D eigenvalue weighted by molar-refractivity contribution is 0.0758. The molecule has 0 aromatic carbocycles. The van der Waals surface area contributed by atoms with Crippen LogP contribution in [-0.2, 0) is 4.74 Å². The van der Waals surface area contributed by atoms with Crippen LogP contribution in [-0.4, -0.2) is 42.6 Å². The van der Waals surface area contributed by atoms with E-state index in [4.69, 9.17) is 4.74 Å². The fraction of sp³-hybridized carbons (Fsp3) is 0.385. The van der Waals surface area contributed by atoms with E-state index in [9.17, 15) is 4.79 Å². The lowest BCUT2D eigenvalue weighted by Gasteiger charge is -2.26. The van der Waals surface area contributed by atoms with Crippen LogP contribution in [0.1, 0.15) is 16.9 Å². The number of halogens is 1. The second kappa shape index (κ2) is 6.11. The topological polar surface area (TPSA) is 42.4 Å². The Morgan fingerprint density at radius 3 is 3.06 bits per heavy atom. The van der Waals surface area contributed by atoms with E-state index in [0.717, 1.165) is 17.4 Å². The van der Waals surface area contributed by atoms with Crippen LogP contribution in [0.2, 0.25) is 0 Å². The molecule has 1 aromatic heterocycles.